The molecule has 1 heterocycles. The Labute approximate surface area is 203 Å². The largest absolute Gasteiger partial charge is 0.481 e. The highest BCUT2D eigenvalue weighted by Gasteiger charge is 2.28. The monoisotopic (exact) mass is 459 g/mol. The zero-order valence-corrected chi connectivity index (χ0v) is 19.1. The number of carbonyl (C=O) groups excluding carboxylic acids is 1. The van der Waals surface area contributed by atoms with E-state index in [9.17, 15) is 14.7 Å². The summed E-state index contributed by atoms with van der Waals surface area (Å²) >= 11 is 0. The SMILES string of the molecule is O=C(O)Cc1c(C(=O)C(Cc2ccccc2)c2ccc(-c3ccccc3)cc2)[nH]c2ccccc12. The number of carboxylic acids is 1. The summed E-state index contributed by atoms with van der Waals surface area (Å²) in [5.74, 6) is -1.52. The fourth-order valence-electron chi connectivity index (χ4n) is 4.67. The molecule has 0 radical (unpaired) electrons. The highest BCUT2D eigenvalue weighted by Crippen LogP contribution is 2.31. The average molecular weight is 460 g/mol. The molecule has 0 fully saturated rings. The Morgan fingerprint density at radius 1 is 0.714 bits per heavy atom. The number of benzene rings is 4. The zero-order valence-electron chi connectivity index (χ0n) is 19.1. The third-order valence-corrected chi connectivity index (χ3v) is 6.41. The molecule has 5 aromatic rings. The molecule has 172 valence electrons. The van der Waals surface area contributed by atoms with Gasteiger partial charge in [-0.1, -0.05) is 103 Å². The number of aliphatic carboxylic acids is 1. The molecule has 1 atom stereocenters. The first-order valence-corrected chi connectivity index (χ1v) is 11.6. The minimum absolute atomic E-state index is 0.103. The Kier molecular flexibility index (Phi) is 6.27. The number of rotatable bonds is 8. The van der Waals surface area contributed by atoms with E-state index in [-0.39, 0.29) is 12.2 Å². The average Bonchev–Trinajstić information content (AvgIpc) is 3.26. The first-order chi connectivity index (χ1) is 17.1. The minimum Gasteiger partial charge on any atom is -0.481 e. The van der Waals surface area contributed by atoms with Crippen LogP contribution in [0.1, 0.15) is 33.1 Å². The third kappa shape index (κ3) is 4.78. The van der Waals surface area contributed by atoms with Gasteiger partial charge >= 0.3 is 5.97 Å². The number of para-hydroxylation sites is 1. The van der Waals surface area contributed by atoms with Crippen LogP contribution >= 0.6 is 0 Å². The van der Waals surface area contributed by atoms with Crippen molar-refractivity contribution in [2.45, 2.75) is 18.8 Å². The van der Waals surface area contributed by atoms with E-state index in [4.69, 9.17) is 0 Å². The number of hydrogen-bond acceptors (Lipinski definition) is 2. The van der Waals surface area contributed by atoms with Crippen LogP contribution in [0.3, 0.4) is 0 Å². The first-order valence-electron chi connectivity index (χ1n) is 11.6. The summed E-state index contributed by atoms with van der Waals surface area (Å²) in [6.07, 6.45) is 0.308. The molecular weight excluding hydrogens is 434 g/mol. The number of Topliss-reactive ketones (excluding diaryl/α,β-unsaturated/α-hetero) is 1. The molecule has 0 aliphatic rings. The summed E-state index contributed by atoms with van der Waals surface area (Å²) in [6.45, 7) is 0. The first kappa shape index (κ1) is 22.4. The van der Waals surface area contributed by atoms with Gasteiger partial charge in [0.15, 0.2) is 5.78 Å². The number of aromatic amines is 1. The Morgan fingerprint density at radius 3 is 2.00 bits per heavy atom. The molecule has 4 heteroatoms. The molecule has 0 spiro atoms. The number of nitrogens with one attached hydrogen (secondary N) is 1. The summed E-state index contributed by atoms with van der Waals surface area (Å²) in [6, 6.07) is 35.6. The molecule has 4 aromatic carbocycles. The predicted octanol–water partition coefficient (Wildman–Crippen LogP) is 6.67. The molecule has 0 saturated carbocycles. The fourth-order valence-corrected chi connectivity index (χ4v) is 4.67. The fraction of sp³-hybridized carbons (Fsp3) is 0.0968. The summed E-state index contributed by atoms with van der Waals surface area (Å²) in [4.78, 5) is 28.9. The maximum absolute atomic E-state index is 14.1. The van der Waals surface area contributed by atoms with E-state index in [0.717, 1.165) is 33.2 Å². The number of fused-ring (bicyclic) bond motifs is 1. The summed E-state index contributed by atoms with van der Waals surface area (Å²) in [5.41, 5.74) is 5.83. The van der Waals surface area contributed by atoms with Gasteiger partial charge in [0.1, 0.15) is 0 Å². The van der Waals surface area contributed by atoms with E-state index in [1.54, 1.807) is 0 Å². The standard InChI is InChI=1S/C31H25NO3/c33-29(34)20-27-25-13-7-8-14-28(25)32-30(27)31(35)26(19-21-9-3-1-4-10-21)24-17-15-23(16-18-24)22-11-5-2-6-12-22/h1-18,26,32H,19-20H2,(H,33,34). The van der Waals surface area contributed by atoms with Crippen molar-refractivity contribution >= 4 is 22.7 Å². The number of hydrogen-bond donors (Lipinski definition) is 2. The van der Waals surface area contributed by atoms with E-state index in [1.165, 1.54) is 0 Å². The van der Waals surface area contributed by atoms with Gasteiger partial charge < -0.3 is 10.1 Å². The van der Waals surface area contributed by atoms with Gasteiger partial charge in [0, 0.05) is 10.9 Å². The van der Waals surface area contributed by atoms with Crippen LogP contribution in [0.15, 0.2) is 109 Å². The lowest BCUT2D eigenvalue weighted by atomic mass is 9.85. The van der Waals surface area contributed by atoms with Gasteiger partial charge in [-0.2, -0.15) is 0 Å². The van der Waals surface area contributed by atoms with Crippen LogP contribution < -0.4 is 0 Å². The normalized spacial score (nSPS) is 11.9. The number of carbonyl (C=O) groups is 2. The van der Waals surface area contributed by atoms with Gasteiger partial charge in [0.25, 0.3) is 0 Å². The van der Waals surface area contributed by atoms with E-state index >= 15 is 0 Å². The molecule has 1 aromatic heterocycles. The maximum Gasteiger partial charge on any atom is 0.307 e. The summed E-state index contributed by atoms with van der Waals surface area (Å²) < 4.78 is 0. The molecule has 35 heavy (non-hydrogen) atoms. The minimum atomic E-state index is -0.962. The predicted molar refractivity (Wildman–Crippen MR) is 139 cm³/mol. The number of carboxylic acid groups (broad SMARTS) is 1. The molecule has 2 N–H and O–H groups in total. The molecular formula is C31H25NO3. The highest BCUT2D eigenvalue weighted by molar-refractivity contribution is 6.06. The topological polar surface area (TPSA) is 70.2 Å². The molecule has 0 bridgehead atoms. The van der Waals surface area contributed by atoms with Crippen LogP contribution in [0.25, 0.3) is 22.0 Å². The lowest BCUT2D eigenvalue weighted by molar-refractivity contribution is -0.136. The second-order valence-corrected chi connectivity index (χ2v) is 8.69. The molecule has 0 amide bonds. The molecule has 0 aliphatic heterocycles. The van der Waals surface area contributed by atoms with Crippen LogP contribution in [0.5, 0.6) is 0 Å². The van der Waals surface area contributed by atoms with Gasteiger partial charge in [-0.05, 0) is 40.3 Å². The molecule has 1 unspecified atom stereocenters. The van der Waals surface area contributed by atoms with Gasteiger partial charge in [-0.3, -0.25) is 9.59 Å². The maximum atomic E-state index is 14.1. The second kappa shape index (κ2) is 9.82. The molecule has 0 aliphatic carbocycles. The Bertz CT molecular complexity index is 1470. The van der Waals surface area contributed by atoms with Crippen LogP contribution in [-0.4, -0.2) is 21.8 Å². The molecule has 5 rings (SSSR count). The Morgan fingerprint density at radius 2 is 1.31 bits per heavy atom. The van der Waals surface area contributed by atoms with Crippen molar-refractivity contribution in [1.29, 1.82) is 0 Å². The van der Waals surface area contributed by atoms with Crippen LogP contribution in [0.2, 0.25) is 0 Å². The lowest BCUT2D eigenvalue weighted by Gasteiger charge is -2.18. The van der Waals surface area contributed by atoms with Crippen molar-refractivity contribution in [2.24, 2.45) is 0 Å². The second-order valence-electron chi connectivity index (χ2n) is 8.69. The van der Waals surface area contributed by atoms with E-state index < -0.39 is 11.9 Å². The molecule has 4 nitrogen and oxygen atoms in total. The van der Waals surface area contributed by atoms with E-state index in [0.29, 0.717) is 17.7 Å². The van der Waals surface area contributed by atoms with Crippen molar-refractivity contribution in [3.63, 3.8) is 0 Å². The van der Waals surface area contributed by atoms with Crippen molar-refractivity contribution in [3.8, 4) is 11.1 Å². The Balaban J connectivity index is 1.57. The smallest absolute Gasteiger partial charge is 0.307 e. The lowest BCUT2D eigenvalue weighted by Crippen LogP contribution is -2.18. The van der Waals surface area contributed by atoms with Gasteiger partial charge in [0.05, 0.1) is 18.0 Å². The third-order valence-electron chi connectivity index (χ3n) is 6.41. The molecule has 0 saturated heterocycles. The Hall–Kier alpha value is -4.44. The number of aromatic nitrogens is 1. The van der Waals surface area contributed by atoms with Crippen molar-refractivity contribution in [2.75, 3.05) is 0 Å². The van der Waals surface area contributed by atoms with Crippen LogP contribution in [0.4, 0.5) is 0 Å². The van der Waals surface area contributed by atoms with E-state index in [1.807, 2.05) is 97.1 Å². The number of ketones is 1. The number of H-pyrrole nitrogens is 1. The quantitative estimate of drug-likeness (QED) is 0.255. The van der Waals surface area contributed by atoms with Crippen molar-refractivity contribution in [3.05, 3.63) is 132 Å². The van der Waals surface area contributed by atoms with E-state index in [2.05, 4.69) is 17.1 Å². The van der Waals surface area contributed by atoms with Gasteiger partial charge in [0.2, 0.25) is 0 Å². The highest BCUT2D eigenvalue weighted by atomic mass is 16.4. The van der Waals surface area contributed by atoms with Crippen LogP contribution in [0, 0.1) is 0 Å². The van der Waals surface area contributed by atoms with Crippen molar-refractivity contribution < 1.29 is 14.7 Å². The van der Waals surface area contributed by atoms with Crippen LogP contribution in [-0.2, 0) is 17.6 Å². The van der Waals surface area contributed by atoms with Gasteiger partial charge in [-0.25, -0.2) is 0 Å². The van der Waals surface area contributed by atoms with Gasteiger partial charge in [-0.15, -0.1) is 0 Å². The summed E-state index contributed by atoms with van der Waals surface area (Å²) in [7, 11) is 0. The van der Waals surface area contributed by atoms with Crippen molar-refractivity contribution in [1.82, 2.24) is 4.98 Å². The summed E-state index contributed by atoms with van der Waals surface area (Å²) in [5, 5.41) is 10.3. The zero-order chi connectivity index (χ0) is 24.2.